The van der Waals surface area contributed by atoms with Crippen LogP contribution in [0.5, 0.6) is 11.6 Å². The van der Waals surface area contributed by atoms with Crippen LogP contribution >= 0.6 is 0 Å². The third-order valence-electron chi connectivity index (χ3n) is 5.79. The Kier molecular flexibility index (Phi) is 7.99. The van der Waals surface area contributed by atoms with E-state index in [4.69, 9.17) is 15.3 Å². The molecule has 0 aliphatic carbocycles. The first-order valence-corrected chi connectivity index (χ1v) is 13.4. The van der Waals surface area contributed by atoms with Gasteiger partial charge in [-0.25, -0.2) is 13.4 Å². The van der Waals surface area contributed by atoms with Crippen molar-refractivity contribution in [2.75, 3.05) is 5.75 Å². The molecule has 1 amide bonds. The molecule has 9 nitrogen and oxygen atoms in total. The van der Waals surface area contributed by atoms with Crippen molar-refractivity contribution in [1.29, 1.82) is 10.5 Å². The van der Waals surface area contributed by atoms with Gasteiger partial charge in [0.2, 0.25) is 21.6 Å². The van der Waals surface area contributed by atoms with Gasteiger partial charge in [0.15, 0.2) is 0 Å². The summed E-state index contributed by atoms with van der Waals surface area (Å²) < 4.78 is 31.6. The summed E-state index contributed by atoms with van der Waals surface area (Å²) in [7, 11) is -4.14. The highest BCUT2D eigenvalue weighted by Gasteiger charge is 2.23. The highest BCUT2D eigenvalue weighted by atomic mass is 32.2. The number of sulfone groups is 1. The standard InChI is InChI=1S/C29H23N5O4S/c1-19-13-25(24-9-7-22(16-31)8-10-24)14-20(2)28(19)38-27-11-12-32-29(34-27)39(36,37)18-26(35)33-17-23-5-3-21(15-30)4-6-23/h3-14H,17-18H2,1-2H3,(H,33,35). The molecule has 0 aliphatic rings. The minimum atomic E-state index is -4.14. The number of benzene rings is 3. The van der Waals surface area contributed by atoms with E-state index in [9.17, 15) is 13.2 Å². The Hall–Kier alpha value is -5.06. The first kappa shape index (κ1) is 27.0. The maximum absolute atomic E-state index is 12.8. The maximum Gasteiger partial charge on any atom is 0.250 e. The number of ether oxygens (including phenoxy) is 1. The molecule has 3 aromatic carbocycles. The number of nitrogens with one attached hydrogen (secondary N) is 1. The molecule has 194 valence electrons. The van der Waals surface area contributed by atoms with Gasteiger partial charge in [-0.3, -0.25) is 4.79 Å². The molecule has 0 bridgehead atoms. The fourth-order valence-electron chi connectivity index (χ4n) is 3.84. The van der Waals surface area contributed by atoms with Gasteiger partial charge in [0.25, 0.3) is 5.16 Å². The van der Waals surface area contributed by atoms with Crippen molar-refractivity contribution in [2.45, 2.75) is 25.5 Å². The van der Waals surface area contributed by atoms with Gasteiger partial charge >= 0.3 is 0 Å². The molecule has 0 fully saturated rings. The van der Waals surface area contributed by atoms with Gasteiger partial charge in [0.1, 0.15) is 11.5 Å². The van der Waals surface area contributed by atoms with Crippen LogP contribution in [0.3, 0.4) is 0 Å². The van der Waals surface area contributed by atoms with E-state index < -0.39 is 26.7 Å². The SMILES string of the molecule is Cc1cc(-c2ccc(C#N)cc2)cc(C)c1Oc1ccnc(S(=O)(=O)CC(=O)NCc2ccc(C#N)cc2)n1. The molecule has 0 aliphatic heterocycles. The number of aromatic nitrogens is 2. The summed E-state index contributed by atoms with van der Waals surface area (Å²) in [5.74, 6) is -0.989. The second-order valence-corrected chi connectivity index (χ2v) is 10.6. The quantitative estimate of drug-likeness (QED) is 0.326. The van der Waals surface area contributed by atoms with Crippen molar-refractivity contribution in [1.82, 2.24) is 15.3 Å². The zero-order valence-corrected chi connectivity index (χ0v) is 22.0. The molecule has 1 N–H and O–H groups in total. The van der Waals surface area contributed by atoms with Crippen LogP contribution in [-0.4, -0.2) is 30.0 Å². The topological polar surface area (TPSA) is 146 Å². The van der Waals surface area contributed by atoms with Crippen LogP contribution < -0.4 is 10.1 Å². The van der Waals surface area contributed by atoms with Gasteiger partial charge in [0, 0.05) is 18.8 Å². The predicted octanol–water partition coefficient (Wildman–Crippen LogP) is 4.39. The molecule has 0 radical (unpaired) electrons. The number of nitrogens with zero attached hydrogens (tertiary/aromatic N) is 4. The van der Waals surface area contributed by atoms with Crippen molar-refractivity contribution >= 4 is 15.7 Å². The minimum absolute atomic E-state index is 0.0267. The van der Waals surface area contributed by atoms with Crippen molar-refractivity contribution in [2.24, 2.45) is 0 Å². The van der Waals surface area contributed by atoms with Gasteiger partial charge in [0.05, 0.1) is 23.3 Å². The number of carbonyl (C=O) groups excluding carboxylic acids is 1. The summed E-state index contributed by atoms with van der Waals surface area (Å²) in [5.41, 5.74) is 5.28. The fraction of sp³-hybridized carbons (Fsp3) is 0.138. The van der Waals surface area contributed by atoms with Gasteiger partial charge in [-0.05, 0) is 78.1 Å². The Bertz CT molecular complexity index is 1700. The maximum atomic E-state index is 12.8. The number of aryl methyl sites for hydroxylation is 2. The molecule has 4 aromatic rings. The first-order valence-electron chi connectivity index (χ1n) is 11.8. The predicted molar refractivity (Wildman–Crippen MR) is 143 cm³/mol. The van der Waals surface area contributed by atoms with Gasteiger partial charge in [-0.1, -0.05) is 24.3 Å². The van der Waals surface area contributed by atoms with Gasteiger partial charge < -0.3 is 10.1 Å². The van der Waals surface area contributed by atoms with Crippen molar-refractivity contribution < 1.29 is 17.9 Å². The zero-order chi connectivity index (χ0) is 28.0. The lowest BCUT2D eigenvalue weighted by Crippen LogP contribution is -2.30. The number of amides is 1. The van der Waals surface area contributed by atoms with E-state index in [1.807, 2.05) is 44.2 Å². The average Bonchev–Trinajstić information content (AvgIpc) is 2.94. The normalized spacial score (nSPS) is 10.8. The molecule has 4 rings (SSSR count). The van der Waals surface area contributed by atoms with Crippen LogP contribution in [0.4, 0.5) is 0 Å². The van der Waals surface area contributed by atoms with Crippen molar-refractivity contribution in [3.8, 4) is 34.9 Å². The summed E-state index contributed by atoms with van der Waals surface area (Å²) in [6.45, 7) is 3.85. The fourth-order valence-corrected chi connectivity index (χ4v) is 4.86. The summed E-state index contributed by atoms with van der Waals surface area (Å²) in [6.07, 6.45) is 1.26. The summed E-state index contributed by atoms with van der Waals surface area (Å²) in [4.78, 5) is 20.2. The zero-order valence-electron chi connectivity index (χ0n) is 21.2. The summed E-state index contributed by atoms with van der Waals surface area (Å²) >= 11 is 0. The van der Waals surface area contributed by atoms with Crippen molar-refractivity contribution in [3.63, 3.8) is 0 Å². The largest absolute Gasteiger partial charge is 0.438 e. The van der Waals surface area contributed by atoms with Crippen LogP contribution in [0.2, 0.25) is 0 Å². The number of hydrogen-bond donors (Lipinski definition) is 1. The highest BCUT2D eigenvalue weighted by Crippen LogP contribution is 2.33. The number of rotatable bonds is 8. The van der Waals surface area contributed by atoms with E-state index in [0.29, 0.717) is 16.9 Å². The summed E-state index contributed by atoms with van der Waals surface area (Å²) in [6, 6.07) is 23.2. The van der Waals surface area contributed by atoms with Gasteiger partial charge in [-0.15, -0.1) is 0 Å². The second kappa shape index (κ2) is 11.5. The third-order valence-corrected chi connectivity index (χ3v) is 7.19. The van der Waals surface area contributed by atoms with Crippen LogP contribution in [0.15, 0.2) is 78.1 Å². The molecule has 0 saturated heterocycles. The van der Waals surface area contributed by atoms with E-state index in [-0.39, 0.29) is 12.4 Å². The molecule has 10 heteroatoms. The Morgan fingerprint density at radius 3 is 2.08 bits per heavy atom. The third kappa shape index (κ3) is 6.63. The molecule has 0 spiro atoms. The molecule has 1 heterocycles. The second-order valence-electron chi connectivity index (χ2n) is 8.75. The Labute approximate surface area is 226 Å². The van der Waals surface area contributed by atoms with Crippen LogP contribution in [0, 0.1) is 36.5 Å². The lowest BCUT2D eigenvalue weighted by atomic mass is 9.99. The lowest BCUT2D eigenvalue weighted by Gasteiger charge is -2.14. The Morgan fingerprint density at radius 1 is 0.897 bits per heavy atom. The molecular weight excluding hydrogens is 514 g/mol. The highest BCUT2D eigenvalue weighted by molar-refractivity contribution is 7.91. The van der Waals surface area contributed by atoms with Crippen LogP contribution in [0.1, 0.15) is 27.8 Å². The Morgan fingerprint density at radius 2 is 1.49 bits per heavy atom. The van der Waals surface area contributed by atoms with Crippen LogP contribution in [-0.2, 0) is 21.2 Å². The lowest BCUT2D eigenvalue weighted by molar-refractivity contribution is -0.118. The molecule has 0 atom stereocenters. The van der Waals surface area contributed by atoms with Gasteiger partial charge in [-0.2, -0.15) is 15.5 Å². The minimum Gasteiger partial charge on any atom is -0.438 e. The smallest absolute Gasteiger partial charge is 0.250 e. The van der Waals surface area contributed by atoms with Crippen LogP contribution in [0.25, 0.3) is 11.1 Å². The van der Waals surface area contributed by atoms with E-state index in [0.717, 1.165) is 27.8 Å². The molecule has 0 saturated carbocycles. The summed E-state index contributed by atoms with van der Waals surface area (Å²) in [5, 5.41) is 19.9. The molecule has 0 unspecified atom stereocenters. The molecule has 1 aromatic heterocycles. The molecular formula is C29H23N5O4S. The van der Waals surface area contributed by atoms with E-state index in [1.54, 1.807) is 36.4 Å². The van der Waals surface area contributed by atoms with E-state index >= 15 is 0 Å². The number of nitriles is 2. The Balaban J connectivity index is 1.46. The van der Waals surface area contributed by atoms with E-state index in [1.165, 1.54) is 12.3 Å². The monoisotopic (exact) mass is 537 g/mol. The first-order chi connectivity index (χ1) is 18.7. The number of carbonyl (C=O) groups is 1. The van der Waals surface area contributed by atoms with E-state index in [2.05, 4.69) is 21.4 Å². The molecule has 39 heavy (non-hydrogen) atoms. The number of hydrogen-bond acceptors (Lipinski definition) is 8. The average molecular weight is 538 g/mol. The van der Waals surface area contributed by atoms with Crippen molar-refractivity contribution in [3.05, 3.63) is 101 Å².